The van der Waals surface area contributed by atoms with Crippen molar-refractivity contribution in [1.29, 1.82) is 0 Å². The Kier molecular flexibility index (Phi) is 22.9. The maximum Gasteiger partial charge on any atom is 2.00 e. The summed E-state index contributed by atoms with van der Waals surface area (Å²) in [6.45, 7) is 0. The van der Waals surface area contributed by atoms with Gasteiger partial charge in [0.15, 0.2) is 0 Å². The molecule has 0 aliphatic carbocycles. The number of hydrogen-bond acceptors (Lipinski definition) is 4. The van der Waals surface area contributed by atoms with Crippen molar-refractivity contribution >= 4 is 10.4 Å². The van der Waals surface area contributed by atoms with E-state index >= 15 is 0 Å². The van der Waals surface area contributed by atoms with Crippen LogP contribution < -0.4 is 23.6 Å². The van der Waals surface area contributed by atoms with Crippen LogP contribution in [0.4, 0.5) is 0 Å². The molecule has 0 unspecified atom stereocenters. The fourth-order valence-corrected chi connectivity index (χ4v) is 0. The second-order valence-corrected chi connectivity index (χ2v) is 1.22. The van der Waals surface area contributed by atoms with Crippen LogP contribution in [-0.2, 0) is 27.2 Å². The predicted octanol–water partition coefficient (Wildman–Crippen LogP) is -7.33. The van der Waals surface area contributed by atoms with Gasteiger partial charge in [-0.15, -0.1) is 0 Å². The molecule has 0 saturated carbocycles. The van der Waals surface area contributed by atoms with Gasteiger partial charge in [0.1, 0.15) is 0 Å². The number of rotatable bonds is 0. The first-order chi connectivity index (χ1) is 2.00. The van der Waals surface area contributed by atoms with Gasteiger partial charge in [-0.2, -0.15) is 0 Å². The van der Waals surface area contributed by atoms with Gasteiger partial charge in [-0.1, -0.05) is 0 Å². The number of hydrogen-bond donors (Lipinski definition) is 0. The van der Waals surface area contributed by atoms with Crippen LogP contribution in [0.5, 0.6) is 0 Å². The van der Waals surface area contributed by atoms with Gasteiger partial charge in [0.05, 0.1) is 0 Å². The molecule has 0 saturated heterocycles. The molecule has 0 fully saturated rings. The normalized spacial score (nSPS) is 7.25. The third kappa shape index (κ3) is 295. The minimum absolute atomic E-state index is 0. The van der Waals surface area contributed by atoms with Crippen LogP contribution in [0.1, 0.15) is 0 Å². The van der Waals surface area contributed by atoms with E-state index in [1.54, 1.807) is 0 Å². The third-order valence-electron chi connectivity index (χ3n) is 0. The molecule has 0 amide bonds. The van der Waals surface area contributed by atoms with Gasteiger partial charge in [0.25, 0.3) is 0 Å². The second kappa shape index (κ2) is 7.90. The van der Waals surface area contributed by atoms with Gasteiger partial charge in [-0.25, -0.2) is 0 Å². The van der Waals surface area contributed by atoms with Crippen LogP contribution >= 0.6 is 0 Å². The summed E-state index contributed by atoms with van der Waals surface area (Å²) in [6, 6.07) is 0. The van der Waals surface area contributed by atoms with Crippen molar-refractivity contribution in [3.8, 4) is 0 Å². The summed E-state index contributed by atoms with van der Waals surface area (Å²) < 4.78 is 34.1. The molecule has 1 radical (unpaired) electrons. The van der Waals surface area contributed by atoms with Crippen molar-refractivity contribution in [3.63, 3.8) is 0 Å². The molecule has 0 aromatic rings. The van der Waals surface area contributed by atoms with Crippen LogP contribution in [-0.4, -0.2) is 17.5 Å². The predicted molar refractivity (Wildman–Crippen MR) is 10.5 cm³/mol. The van der Waals surface area contributed by atoms with E-state index in [9.17, 15) is 0 Å². The SMILES string of the molecule is O=S(=O)([O-])[O-].[Co+2].[F-].[Li+]. The van der Waals surface area contributed by atoms with E-state index in [2.05, 4.69) is 0 Å². The van der Waals surface area contributed by atoms with Gasteiger partial charge in [-0.3, -0.25) is 8.42 Å². The molecule has 0 N–H and O–H groups in total. The maximum absolute atomic E-state index is 8.52. The molecule has 0 aliphatic heterocycles. The Balaban J connectivity index is -0.0000000267. The monoisotopic (exact) mass is 181 g/mol. The summed E-state index contributed by atoms with van der Waals surface area (Å²) >= 11 is 0. The average molecular weight is 181 g/mol. The van der Waals surface area contributed by atoms with E-state index in [1.165, 1.54) is 0 Å². The molecular formula is CoFLiO4S. The topological polar surface area (TPSA) is 80.3 Å². The van der Waals surface area contributed by atoms with Crippen LogP contribution in [0.3, 0.4) is 0 Å². The Labute approximate surface area is 68.4 Å². The van der Waals surface area contributed by atoms with Crippen LogP contribution in [0.2, 0.25) is 0 Å². The van der Waals surface area contributed by atoms with E-state index < -0.39 is 10.4 Å². The molecule has 0 aromatic heterocycles. The Hall–Kier alpha value is 0.904. The van der Waals surface area contributed by atoms with Gasteiger partial charge >= 0.3 is 35.6 Å². The van der Waals surface area contributed by atoms with Gasteiger partial charge in [0.2, 0.25) is 0 Å². The van der Waals surface area contributed by atoms with Crippen molar-refractivity contribution in [2.24, 2.45) is 0 Å². The standard InChI is InChI=1S/Co.FH.Li.H2O4S/c;;;1-5(2,3)4/h;1H;;(H2,1,2,3,4)/q+2;;+1;/p-3. The smallest absolute Gasteiger partial charge is 1.00 e. The molecule has 8 heteroatoms. The minimum Gasteiger partial charge on any atom is -1.00 e. The first-order valence-electron chi connectivity index (χ1n) is 0.667. The first-order valence-corrected chi connectivity index (χ1v) is 2.00. The molecule has 0 atom stereocenters. The molecule has 0 aromatic carbocycles. The summed E-state index contributed by atoms with van der Waals surface area (Å²) in [5.74, 6) is 0. The summed E-state index contributed by atoms with van der Waals surface area (Å²) in [5, 5.41) is 0. The van der Waals surface area contributed by atoms with Gasteiger partial charge in [-0.05, 0) is 0 Å². The summed E-state index contributed by atoms with van der Waals surface area (Å²) in [7, 11) is -5.17. The summed E-state index contributed by atoms with van der Waals surface area (Å²) in [5.41, 5.74) is 0. The first kappa shape index (κ1) is 23.1. The van der Waals surface area contributed by atoms with Crippen LogP contribution in [0.15, 0.2) is 0 Å². The zero-order valence-corrected chi connectivity index (χ0v) is 5.61. The molecule has 4 nitrogen and oxygen atoms in total. The summed E-state index contributed by atoms with van der Waals surface area (Å²) in [6.07, 6.45) is 0. The minimum atomic E-state index is -5.17. The molecule has 0 spiro atoms. The van der Waals surface area contributed by atoms with E-state index in [-0.39, 0.29) is 40.3 Å². The maximum atomic E-state index is 8.52. The largest absolute Gasteiger partial charge is 2.00 e. The molecule has 0 bridgehead atoms. The molecule has 47 valence electrons. The number of halogens is 1. The van der Waals surface area contributed by atoms with Crippen molar-refractivity contribution < 1.29 is 57.9 Å². The second-order valence-electron chi connectivity index (χ2n) is 0.408. The summed E-state index contributed by atoms with van der Waals surface area (Å²) in [4.78, 5) is 0. The Morgan fingerprint density at radius 2 is 1.12 bits per heavy atom. The fourth-order valence-electron chi connectivity index (χ4n) is 0. The van der Waals surface area contributed by atoms with E-state index in [0.29, 0.717) is 0 Å². The van der Waals surface area contributed by atoms with E-state index in [4.69, 9.17) is 17.5 Å². The van der Waals surface area contributed by atoms with Crippen LogP contribution in [0.25, 0.3) is 0 Å². The van der Waals surface area contributed by atoms with Gasteiger partial charge in [0, 0.05) is 10.4 Å². The third-order valence-corrected chi connectivity index (χ3v) is 0. The van der Waals surface area contributed by atoms with E-state index in [1.807, 2.05) is 0 Å². The Bertz CT molecular complexity index is 99.2. The zero-order chi connectivity index (χ0) is 4.50. The van der Waals surface area contributed by atoms with Gasteiger partial charge < -0.3 is 13.8 Å². The van der Waals surface area contributed by atoms with E-state index in [0.717, 1.165) is 0 Å². The quantitative estimate of drug-likeness (QED) is 0.211. The van der Waals surface area contributed by atoms with Crippen molar-refractivity contribution in [2.75, 3.05) is 0 Å². The zero-order valence-electron chi connectivity index (χ0n) is 3.75. The molecule has 0 aliphatic rings. The molecular weight excluding hydrogens is 181 g/mol. The molecule has 0 heterocycles. The fraction of sp³-hybridized carbons (Fsp3) is 0. The van der Waals surface area contributed by atoms with Crippen molar-refractivity contribution in [2.45, 2.75) is 0 Å². The molecule has 8 heavy (non-hydrogen) atoms. The van der Waals surface area contributed by atoms with Crippen LogP contribution in [0, 0.1) is 0 Å². The Morgan fingerprint density at radius 3 is 1.12 bits per heavy atom. The average Bonchev–Trinajstić information content (AvgIpc) is 0.722. The van der Waals surface area contributed by atoms with Crippen molar-refractivity contribution in [1.82, 2.24) is 0 Å². The molecule has 0 rings (SSSR count). The Morgan fingerprint density at radius 1 is 1.12 bits per heavy atom. The van der Waals surface area contributed by atoms with Crippen molar-refractivity contribution in [3.05, 3.63) is 0 Å².